The molecular weight excluding hydrogens is 164 g/mol. The van der Waals surface area contributed by atoms with Crippen LogP contribution < -0.4 is 4.65 Å². The van der Waals surface area contributed by atoms with Crippen LogP contribution in [0, 0.1) is 12.9 Å². The minimum atomic E-state index is -1.94. The Labute approximate surface area is 68.8 Å². The van der Waals surface area contributed by atoms with Crippen molar-refractivity contribution < 1.29 is 19.1 Å². The molecule has 0 saturated carbocycles. The summed E-state index contributed by atoms with van der Waals surface area (Å²) in [6, 6.07) is 1.35. The Balaban J connectivity index is 2.92. The summed E-state index contributed by atoms with van der Waals surface area (Å²) in [7, 11) is -1.94. The summed E-state index contributed by atoms with van der Waals surface area (Å²) >= 11 is 0. The third-order valence-corrected chi connectivity index (χ3v) is 1.33. The number of aromatic nitrogens is 1. The average Bonchev–Trinajstić information content (AvgIpc) is 1.98. The summed E-state index contributed by atoms with van der Waals surface area (Å²) in [5, 5.41) is 16.8. The van der Waals surface area contributed by atoms with Crippen molar-refractivity contribution in [1.29, 1.82) is 0 Å². The van der Waals surface area contributed by atoms with Gasteiger partial charge in [0.1, 0.15) is 5.75 Å². The van der Waals surface area contributed by atoms with Gasteiger partial charge in [0, 0.05) is 11.8 Å². The fourth-order valence-electron chi connectivity index (χ4n) is 0.735. The number of pyridine rings is 1. The molecule has 0 amide bonds. The molecule has 0 saturated heterocycles. The van der Waals surface area contributed by atoms with E-state index in [0.717, 1.165) is 0 Å². The van der Waals surface area contributed by atoms with Crippen LogP contribution >= 0.6 is 0 Å². The lowest BCUT2D eigenvalue weighted by molar-refractivity contribution is 0.286. The van der Waals surface area contributed by atoms with E-state index in [-0.39, 0.29) is 11.3 Å². The lowest BCUT2D eigenvalue weighted by Gasteiger charge is -2.06. The van der Waals surface area contributed by atoms with Gasteiger partial charge < -0.3 is 14.7 Å². The third-order valence-electron chi connectivity index (χ3n) is 1.33. The first-order chi connectivity index (χ1) is 5.61. The lowest BCUT2D eigenvalue weighted by Crippen LogP contribution is -2.21. The molecule has 1 aromatic rings. The van der Waals surface area contributed by atoms with E-state index in [9.17, 15) is 4.39 Å². The van der Waals surface area contributed by atoms with E-state index < -0.39 is 13.3 Å². The van der Waals surface area contributed by atoms with Crippen LogP contribution in [0.25, 0.3) is 0 Å². The molecule has 0 spiro atoms. The lowest BCUT2D eigenvalue weighted by atomic mass is 10.2. The molecule has 0 atom stereocenters. The average molecular weight is 171 g/mol. The Morgan fingerprint density at radius 1 is 1.58 bits per heavy atom. The molecule has 0 aliphatic carbocycles. The van der Waals surface area contributed by atoms with Gasteiger partial charge in [0.15, 0.2) is 0 Å². The van der Waals surface area contributed by atoms with Gasteiger partial charge in [-0.3, -0.25) is 0 Å². The second-order valence-electron chi connectivity index (χ2n) is 2.17. The molecule has 0 aromatic carbocycles. The van der Waals surface area contributed by atoms with Crippen LogP contribution in [0.3, 0.4) is 0 Å². The maximum Gasteiger partial charge on any atom is 0.707 e. The molecule has 0 bridgehead atoms. The monoisotopic (exact) mass is 171 g/mol. The third kappa shape index (κ3) is 1.93. The first kappa shape index (κ1) is 8.96. The number of nitrogens with zero attached hydrogens (tertiary/aromatic N) is 1. The fourth-order valence-corrected chi connectivity index (χ4v) is 0.735. The number of hydrogen-bond donors (Lipinski definition) is 2. The van der Waals surface area contributed by atoms with Crippen LogP contribution in [0.2, 0.25) is 0 Å². The predicted octanol–water partition coefficient (Wildman–Crippen LogP) is -0.123. The van der Waals surface area contributed by atoms with Crippen molar-refractivity contribution in [2.45, 2.75) is 6.92 Å². The van der Waals surface area contributed by atoms with E-state index in [2.05, 4.69) is 9.64 Å². The second-order valence-corrected chi connectivity index (χ2v) is 2.17. The summed E-state index contributed by atoms with van der Waals surface area (Å²) in [5.41, 5.74) is 0.144. The normalized spacial score (nSPS) is 9.67. The van der Waals surface area contributed by atoms with Crippen LogP contribution in [0.15, 0.2) is 12.3 Å². The Hall–Kier alpha value is -1.14. The predicted molar refractivity (Wildman–Crippen MR) is 39.8 cm³/mol. The van der Waals surface area contributed by atoms with Crippen LogP contribution in [0.4, 0.5) is 4.39 Å². The number of rotatable bonds is 2. The highest BCUT2D eigenvalue weighted by molar-refractivity contribution is 6.33. The Bertz CT molecular complexity index is 281. The van der Waals surface area contributed by atoms with Crippen LogP contribution in [-0.4, -0.2) is 22.4 Å². The van der Waals surface area contributed by atoms with E-state index in [1.165, 1.54) is 19.2 Å². The number of halogens is 1. The molecular formula is C6H7BFNO3. The zero-order valence-electron chi connectivity index (χ0n) is 6.36. The van der Waals surface area contributed by atoms with Gasteiger partial charge >= 0.3 is 7.32 Å². The van der Waals surface area contributed by atoms with Crippen molar-refractivity contribution in [3.63, 3.8) is 0 Å². The molecule has 0 aliphatic heterocycles. The first-order valence-corrected chi connectivity index (χ1v) is 3.25. The quantitative estimate of drug-likeness (QED) is 0.480. The minimum Gasteiger partial charge on any atom is -0.512 e. The van der Waals surface area contributed by atoms with Gasteiger partial charge in [0.2, 0.25) is 5.95 Å². The molecule has 1 aromatic heterocycles. The molecule has 64 valence electrons. The standard InChI is InChI=1S/C6H7BFNO3/c1-4-5(12-7(10)11)2-3-9-6(4)8/h2-3,10-11H,1H3. The Morgan fingerprint density at radius 3 is 2.83 bits per heavy atom. The second kappa shape index (κ2) is 3.51. The van der Waals surface area contributed by atoms with Gasteiger partial charge in [-0.25, -0.2) is 4.98 Å². The molecule has 1 heterocycles. The maximum absolute atomic E-state index is 12.7. The van der Waals surface area contributed by atoms with Gasteiger partial charge in [-0.05, 0) is 13.0 Å². The summed E-state index contributed by atoms with van der Waals surface area (Å²) in [5.74, 6) is -0.620. The summed E-state index contributed by atoms with van der Waals surface area (Å²) in [4.78, 5) is 3.34. The minimum absolute atomic E-state index is 0.0671. The SMILES string of the molecule is Cc1c(OB(O)O)ccnc1F. The summed E-state index contributed by atoms with van der Waals surface area (Å²) in [6.07, 6.45) is 1.18. The van der Waals surface area contributed by atoms with Crippen molar-refractivity contribution in [1.82, 2.24) is 4.98 Å². The molecule has 0 radical (unpaired) electrons. The van der Waals surface area contributed by atoms with E-state index in [1.807, 2.05) is 0 Å². The highest BCUT2D eigenvalue weighted by atomic mass is 19.1. The van der Waals surface area contributed by atoms with Crippen molar-refractivity contribution >= 4 is 7.32 Å². The van der Waals surface area contributed by atoms with Gasteiger partial charge in [0.25, 0.3) is 0 Å². The molecule has 2 N–H and O–H groups in total. The Morgan fingerprint density at radius 2 is 2.25 bits per heavy atom. The van der Waals surface area contributed by atoms with E-state index in [4.69, 9.17) is 10.0 Å². The van der Waals surface area contributed by atoms with Crippen LogP contribution in [0.1, 0.15) is 5.56 Å². The van der Waals surface area contributed by atoms with Crippen LogP contribution in [0.5, 0.6) is 5.75 Å². The van der Waals surface area contributed by atoms with Crippen molar-refractivity contribution in [2.75, 3.05) is 0 Å². The van der Waals surface area contributed by atoms with Crippen molar-refractivity contribution in [2.24, 2.45) is 0 Å². The molecule has 6 heteroatoms. The number of hydrogen-bond acceptors (Lipinski definition) is 4. The highest BCUT2D eigenvalue weighted by Crippen LogP contribution is 2.17. The fraction of sp³-hybridized carbons (Fsp3) is 0.167. The van der Waals surface area contributed by atoms with Gasteiger partial charge in [0.05, 0.1) is 0 Å². The Kier molecular flexibility index (Phi) is 2.62. The molecule has 0 aliphatic rings. The first-order valence-electron chi connectivity index (χ1n) is 3.25. The van der Waals surface area contributed by atoms with Gasteiger partial charge in [-0.2, -0.15) is 4.39 Å². The summed E-state index contributed by atoms with van der Waals surface area (Å²) in [6.45, 7) is 1.43. The maximum atomic E-state index is 12.7. The van der Waals surface area contributed by atoms with Gasteiger partial charge in [-0.15, -0.1) is 0 Å². The smallest absolute Gasteiger partial charge is 0.512 e. The molecule has 4 nitrogen and oxygen atoms in total. The molecule has 0 fully saturated rings. The van der Waals surface area contributed by atoms with Gasteiger partial charge in [-0.1, -0.05) is 0 Å². The highest BCUT2D eigenvalue weighted by Gasteiger charge is 2.14. The van der Waals surface area contributed by atoms with Crippen LogP contribution in [-0.2, 0) is 0 Å². The molecule has 12 heavy (non-hydrogen) atoms. The zero-order chi connectivity index (χ0) is 9.14. The summed E-state index contributed by atoms with van der Waals surface area (Å²) < 4.78 is 17.1. The van der Waals surface area contributed by atoms with E-state index in [1.54, 1.807) is 0 Å². The van der Waals surface area contributed by atoms with Crippen molar-refractivity contribution in [3.05, 3.63) is 23.8 Å². The van der Waals surface area contributed by atoms with Crippen molar-refractivity contribution in [3.8, 4) is 5.75 Å². The molecule has 1 rings (SSSR count). The largest absolute Gasteiger partial charge is 0.707 e. The topological polar surface area (TPSA) is 62.6 Å². The van der Waals surface area contributed by atoms with E-state index in [0.29, 0.717) is 0 Å². The van der Waals surface area contributed by atoms with E-state index >= 15 is 0 Å². The zero-order valence-corrected chi connectivity index (χ0v) is 6.36. The molecule has 0 unspecified atom stereocenters.